The number of nitrogens with zero attached hydrogens (tertiary/aromatic N) is 2. The van der Waals surface area contributed by atoms with Crippen molar-refractivity contribution in [3.05, 3.63) is 18.2 Å². The van der Waals surface area contributed by atoms with Crippen molar-refractivity contribution < 1.29 is 19.1 Å². The summed E-state index contributed by atoms with van der Waals surface area (Å²) in [6.45, 7) is 4.28. The Bertz CT molecular complexity index is 559. The molecular weight excluding hydrogens is 316 g/mol. The van der Waals surface area contributed by atoms with Crippen LogP contribution in [0.5, 0.6) is 11.5 Å². The summed E-state index contributed by atoms with van der Waals surface area (Å²) in [6, 6.07) is 5.62. The van der Waals surface area contributed by atoms with Gasteiger partial charge in [0.25, 0.3) is 0 Å². The maximum Gasteiger partial charge on any atom is 0.235 e. The first-order valence-corrected chi connectivity index (χ1v) is 8.33. The van der Waals surface area contributed by atoms with Gasteiger partial charge in [0.2, 0.25) is 12.3 Å². The SMILES string of the molecule is COc1ccc(SC(C)C(=O)N2CCN(C=O)CC2)cc1OC. The molecule has 2 amide bonds. The van der Waals surface area contributed by atoms with Gasteiger partial charge in [0.05, 0.1) is 19.5 Å². The Morgan fingerprint density at radius 2 is 1.83 bits per heavy atom. The van der Waals surface area contributed by atoms with Crippen LogP contribution in [0.4, 0.5) is 0 Å². The number of rotatable bonds is 6. The molecule has 2 rings (SSSR count). The molecule has 1 unspecified atom stereocenters. The number of ether oxygens (including phenoxy) is 2. The lowest BCUT2D eigenvalue weighted by Gasteiger charge is -2.33. The van der Waals surface area contributed by atoms with Crippen molar-refractivity contribution in [2.75, 3.05) is 40.4 Å². The van der Waals surface area contributed by atoms with Gasteiger partial charge in [-0.25, -0.2) is 0 Å². The molecule has 1 atom stereocenters. The van der Waals surface area contributed by atoms with E-state index in [0.29, 0.717) is 37.7 Å². The lowest BCUT2D eigenvalue weighted by Crippen LogP contribution is -2.50. The maximum absolute atomic E-state index is 12.5. The molecule has 0 aliphatic carbocycles. The molecule has 6 nitrogen and oxygen atoms in total. The monoisotopic (exact) mass is 338 g/mol. The molecule has 0 radical (unpaired) electrons. The minimum absolute atomic E-state index is 0.0929. The van der Waals surface area contributed by atoms with Crippen LogP contribution in [0.2, 0.25) is 0 Å². The van der Waals surface area contributed by atoms with Gasteiger partial charge in [-0.3, -0.25) is 9.59 Å². The summed E-state index contributed by atoms with van der Waals surface area (Å²) >= 11 is 1.49. The van der Waals surface area contributed by atoms with Gasteiger partial charge in [-0.2, -0.15) is 0 Å². The molecule has 23 heavy (non-hydrogen) atoms. The molecule has 1 fully saturated rings. The summed E-state index contributed by atoms with van der Waals surface area (Å²) in [5, 5.41) is -0.198. The molecule has 0 spiro atoms. The van der Waals surface area contributed by atoms with Gasteiger partial charge in [-0.15, -0.1) is 11.8 Å². The molecule has 0 N–H and O–H groups in total. The van der Waals surface area contributed by atoms with Crippen molar-refractivity contribution in [1.29, 1.82) is 0 Å². The highest BCUT2D eigenvalue weighted by Gasteiger charge is 2.25. The van der Waals surface area contributed by atoms with E-state index in [4.69, 9.17) is 9.47 Å². The second-order valence-electron chi connectivity index (χ2n) is 5.24. The summed E-state index contributed by atoms with van der Waals surface area (Å²) in [7, 11) is 3.18. The number of amides is 2. The first-order chi connectivity index (χ1) is 11.1. The fourth-order valence-corrected chi connectivity index (χ4v) is 3.43. The summed E-state index contributed by atoms with van der Waals surface area (Å²) in [5.74, 6) is 1.41. The normalized spacial score (nSPS) is 16.0. The molecule has 1 aromatic carbocycles. The predicted molar refractivity (Wildman–Crippen MR) is 89.1 cm³/mol. The van der Waals surface area contributed by atoms with E-state index in [1.165, 1.54) is 11.8 Å². The van der Waals surface area contributed by atoms with Crippen LogP contribution in [0.1, 0.15) is 6.92 Å². The second kappa shape index (κ2) is 8.10. The number of hydrogen-bond donors (Lipinski definition) is 0. The lowest BCUT2D eigenvalue weighted by atomic mass is 10.3. The third-order valence-corrected chi connectivity index (χ3v) is 4.87. The fraction of sp³-hybridized carbons (Fsp3) is 0.500. The fourth-order valence-electron chi connectivity index (χ4n) is 2.45. The van der Waals surface area contributed by atoms with Gasteiger partial charge in [0.15, 0.2) is 11.5 Å². The molecule has 1 aromatic rings. The van der Waals surface area contributed by atoms with E-state index in [1.807, 2.05) is 30.0 Å². The summed E-state index contributed by atoms with van der Waals surface area (Å²) in [4.78, 5) is 27.7. The zero-order valence-corrected chi connectivity index (χ0v) is 14.5. The number of piperazine rings is 1. The largest absolute Gasteiger partial charge is 0.493 e. The van der Waals surface area contributed by atoms with Crippen LogP contribution in [0.3, 0.4) is 0 Å². The van der Waals surface area contributed by atoms with Crippen LogP contribution in [-0.2, 0) is 9.59 Å². The highest BCUT2D eigenvalue weighted by molar-refractivity contribution is 8.00. The van der Waals surface area contributed by atoms with Crippen LogP contribution in [-0.4, -0.2) is 67.8 Å². The number of carbonyl (C=O) groups is 2. The molecule has 7 heteroatoms. The van der Waals surface area contributed by atoms with E-state index in [0.717, 1.165) is 11.3 Å². The van der Waals surface area contributed by atoms with Gasteiger partial charge >= 0.3 is 0 Å². The summed E-state index contributed by atoms with van der Waals surface area (Å²) in [5.41, 5.74) is 0. The average molecular weight is 338 g/mol. The van der Waals surface area contributed by atoms with Crippen LogP contribution < -0.4 is 9.47 Å². The van der Waals surface area contributed by atoms with Gasteiger partial charge in [-0.1, -0.05) is 0 Å². The Morgan fingerprint density at radius 3 is 2.39 bits per heavy atom. The van der Waals surface area contributed by atoms with E-state index in [9.17, 15) is 9.59 Å². The maximum atomic E-state index is 12.5. The average Bonchev–Trinajstić information content (AvgIpc) is 2.60. The topological polar surface area (TPSA) is 59.1 Å². The summed E-state index contributed by atoms with van der Waals surface area (Å²) < 4.78 is 10.5. The van der Waals surface area contributed by atoms with E-state index in [1.54, 1.807) is 19.1 Å². The zero-order chi connectivity index (χ0) is 16.8. The molecule has 0 bridgehead atoms. The molecule has 1 heterocycles. The zero-order valence-electron chi connectivity index (χ0n) is 13.7. The van der Waals surface area contributed by atoms with Crippen molar-refractivity contribution in [3.8, 4) is 11.5 Å². The van der Waals surface area contributed by atoms with E-state index < -0.39 is 0 Å². The van der Waals surface area contributed by atoms with Crippen molar-refractivity contribution in [2.45, 2.75) is 17.1 Å². The number of thioether (sulfide) groups is 1. The Hall–Kier alpha value is -1.89. The molecular formula is C16H22N2O4S. The van der Waals surface area contributed by atoms with E-state index in [-0.39, 0.29) is 11.2 Å². The number of hydrogen-bond acceptors (Lipinski definition) is 5. The van der Waals surface area contributed by atoms with Crippen molar-refractivity contribution in [2.24, 2.45) is 0 Å². The van der Waals surface area contributed by atoms with Crippen LogP contribution >= 0.6 is 11.8 Å². The van der Waals surface area contributed by atoms with Crippen LogP contribution in [0.15, 0.2) is 23.1 Å². The van der Waals surface area contributed by atoms with Gasteiger partial charge in [-0.05, 0) is 25.1 Å². The first kappa shape index (κ1) is 17.5. The Kier molecular flexibility index (Phi) is 6.15. The molecule has 1 aliphatic rings. The predicted octanol–water partition coefficient (Wildman–Crippen LogP) is 1.48. The molecule has 1 aliphatic heterocycles. The van der Waals surface area contributed by atoms with E-state index >= 15 is 0 Å². The standard InChI is InChI=1S/C16H22N2O4S/c1-12(16(20)18-8-6-17(11-19)7-9-18)23-13-4-5-14(21-2)15(10-13)22-3/h4-5,10-12H,6-9H2,1-3H3. The minimum Gasteiger partial charge on any atom is -0.493 e. The minimum atomic E-state index is -0.198. The van der Waals surface area contributed by atoms with E-state index in [2.05, 4.69) is 0 Å². The van der Waals surface area contributed by atoms with Crippen LogP contribution in [0, 0.1) is 0 Å². The van der Waals surface area contributed by atoms with Gasteiger partial charge in [0.1, 0.15) is 0 Å². The first-order valence-electron chi connectivity index (χ1n) is 7.46. The third kappa shape index (κ3) is 4.31. The summed E-state index contributed by atoms with van der Waals surface area (Å²) in [6.07, 6.45) is 0.837. The second-order valence-corrected chi connectivity index (χ2v) is 6.66. The number of methoxy groups -OCH3 is 2. The Labute approximate surface area is 140 Å². The third-order valence-electron chi connectivity index (χ3n) is 3.79. The molecule has 126 valence electrons. The van der Waals surface area contributed by atoms with Crippen molar-refractivity contribution >= 4 is 24.1 Å². The highest BCUT2D eigenvalue weighted by atomic mass is 32.2. The van der Waals surface area contributed by atoms with Crippen molar-refractivity contribution in [3.63, 3.8) is 0 Å². The Balaban J connectivity index is 1.97. The smallest absolute Gasteiger partial charge is 0.235 e. The number of benzene rings is 1. The lowest BCUT2D eigenvalue weighted by molar-refractivity contribution is -0.134. The number of carbonyl (C=O) groups excluding carboxylic acids is 2. The van der Waals surface area contributed by atoms with Gasteiger partial charge in [0, 0.05) is 31.1 Å². The quantitative estimate of drug-likeness (QED) is 0.581. The Morgan fingerprint density at radius 1 is 1.17 bits per heavy atom. The molecule has 0 saturated carbocycles. The molecule has 0 aromatic heterocycles. The highest BCUT2D eigenvalue weighted by Crippen LogP contribution is 2.33. The van der Waals surface area contributed by atoms with Crippen LogP contribution in [0.25, 0.3) is 0 Å². The van der Waals surface area contributed by atoms with Crippen molar-refractivity contribution in [1.82, 2.24) is 9.80 Å². The molecule has 1 saturated heterocycles. The van der Waals surface area contributed by atoms with Gasteiger partial charge < -0.3 is 19.3 Å².